The van der Waals surface area contributed by atoms with E-state index in [2.05, 4.69) is 15.4 Å². The van der Waals surface area contributed by atoms with Crippen LogP contribution >= 0.6 is 0 Å². The molecule has 1 atom stereocenters. The van der Waals surface area contributed by atoms with Gasteiger partial charge in [0.1, 0.15) is 5.54 Å². The zero-order valence-electron chi connectivity index (χ0n) is 11.3. The molecule has 0 aliphatic carbocycles. The Morgan fingerprint density at radius 3 is 2.74 bits per heavy atom. The molecule has 0 saturated heterocycles. The average molecular weight is 262 g/mol. The van der Waals surface area contributed by atoms with Crippen LogP contribution in [0.1, 0.15) is 25.3 Å². The molecule has 102 valence electrons. The van der Waals surface area contributed by atoms with Gasteiger partial charge in [-0.3, -0.25) is 4.79 Å². The summed E-state index contributed by atoms with van der Waals surface area (Å²) < 4.78 is 4.68. The van der Waals surface area contributed by atoms with E-state index >= 15 is 0 Å². The van der Waals surface area contributed by atoms with Crippen molar-refractivity contribution in [3.05, 3.63) is 29.8 Å². The minimum absolute atomic E-state index is 0.173. The first-order chi connectivity index (χ1) is 8.95. The average Bonchev–Trinajstić information content (AvgIpc) is 2.81. The normalized spacial score (nSPS) is 17.3. The molecule has 1 aliphatic heterocycles. The molecule has 2 rings (SSSR count). The van der Waals surface area contributed by atoms with Crippen LogP contribution in [0.5, 0.6) is 0 Å². The summed E-state index contributed by atoms with van der Waals surface area (Å²) in [5, 5.41) is 5.92. The van der Waals surface area contributed by atoms with Crippen LogP contribution in [0.25, 0.3) is 0 Å². The SMILES string of the molecule is COC(=O)C(C)(C)NC(=O)C1CNc2ccccc21. The molecule has 0 spiro atoms. The lowest BCUT2D eigenvalue weighted by molar-refractivity contribution is -0.149. The highest BCUT2D eigenvalue weighted by Gasteiger charge is 2.35. The summed E-state index contributed by atoms with van der Waals surface area (Å²) in [6, 6.07) is 7.68. The zero-order valence-corrected chi connectivity index (χ0v) is 11.3. The summed E-state index contributed by atoms with van der Waals surface area (Å²) in [5.74, 6) is -0.909. The Labute approximate surface area is 112 Å². The fraction of sp³-hybridized carbons (Fsp3) is 0.429. The molecule has 1 heterocycles. The van der Waals surface area contributed by atoms with Gasteiger partial charge in [0.2, 0.25) is 5.91 Å². The lowest BCUT2D eigenvalue weighted by Crippen LogP contribution is -2.51. The summed E-state index contributed by atoms with van der Waals surface area (Å²) in [7, 11) is 1.31. The van der Waals surface area contributed by atoms with Crippen molar-refractivity contribution in [1.29, 1.82) is 0 Å². The second-order valence-electron chi connectivity index (χ2n) is 5.13. The number of hydrogen-bond acceptors (Lipinski definition) is 4. The molecule has 5 heteroatoms. The number of para-hydroxylation sites is 1. The van der Waals surface area contributed by atoms with Crippen LogP contribution in [0.15, 0.2) is 24.3 Å². The molecule has 0 radical (unpaired) electrons. The summed E-state index contributed by atoms with van der Waals surface area (Å²) in [4.78, 5) is 23.9. The van der Waals surface area contributed by atoms with E-state index in [1.165, 1.54) is 7.11 Å². The Balaban J connectivity index is 2.13. The number of methoxy groups -OCH3 is 1. The van der Waals surface area contributed by atoms with Crippen LogP contribution in [-0.4, -0.2) is 31.1 Å². The maximum absolute atomic E-state index is 12.3. The Morgan fingerprint density at radius 1 is 1.37 bits per heavy atom. The fourth-order valence-electron chi connectivity index (χ4n) is 2.22. The van der Waals surface area contributed by atoms with E-state index in [1.807, 2.05) is 24.3 Å². The molecule has 1 aromatic carbocycles. The summed E-state index contributed by atoms with van der Waals surface area (Å²) in [6.07, 6.45) is 0. The summed E-state index contributed by atoms with van der Waals surface area (Å²) in [5.41, 5.74) is 0.905. The van der Waals surface area contributed by atoms with Crippen LogP contribution in [0, 0.1) is 0 Å². The van der Waals surface area contributed by atoms with E-state index in [0.29, 0.717) is 6.54 Å². The lowest BCUT2D eigenvalue weighted by atomic mass is 9.98. The number of nitrogens with one attached hydrogen (secondary N) is 2. The Bertz CT molecular complexity index is 511. The standard InChI is InChI=1S/C14H18N2O3/c1-14(2,13(18)19-3)16-12(17)10-8-15-11-7-5-4-6-9(10)11/h4-7,10,15H,8H2,1-3H3,(H,16,17). The molecule has 19 heavy (non-hydrogen) atoms. The van der Waals surface area contributed by atoms with Crippen LogP contribution in [-0.2, 0) is 14.3 Å². The van der Waals surface area contributed by atoms with Crippen molar-refractivity contribution in [3.8, 4) is 0 Å². The molecule has 1 amide bonds. The molecule has 1 unspecified atom stereocenters. The van der Waals surface area contributed by atoms with Gasteiger partial charge in [0.05, 0.1) is 13.0 Å². The molecule has 0 fully saturated rings. The van der Waals surface area contributed by atoms with Gasteiger partial charge in [-0.05, 0) is 25.5 Å². The minimum atomic E-state index is -1.02. The second kappa shape index (κ2) is 4.91. The number of carbonyl (C=O) groups is 2. The van der Waals surface area contributed by atoms with Crippen molar-refractivity contribution >= 4 is 17.6 Å². The van der Waals surface area contributed by atoms with Gasteiger partial charge in [0.15, 0.2) is 0 Å². The van der Waals surface area contributed by atoms with Gasteiger partial charge in [-0.15, -0.1) is 0 Å². The number of benzene rings is 1. The summed E-state index contributed by atoms with van der Waals surface area (Å²) in [6.45, 7) is 3.80. The van der Waals surface area contributed by atoms with E-state index in [0.717, 1.165) is 11.3 Å². The van der Waals surface area contributed by atoms with Crippen LogP contribution in [0.3, 0.4) is 0 Å². The third-order valence-corrected chi connectivity index (χ3v) is 3.28. The number of esters is 1. The van der Waals surface area contributed by atoms with Gasteiger partial charge in [-0.2, -0.15) is 0 Å². The number of ether oxygens (including phenoxy) is 1. The maximum Gasteiger partial charge on any atom is 0.330 e. The minimum Gasteiger partial charge on any atom is -0.467 e. The largest absolute Gasteiger partial charge is 0.467 e. The smallest absolute Gasteiger partial charge is 0.330 e. The van der Waals surface area contributed by atoms with Gasteiger partial charge in [0, 0.05) is 12.2 Å². The molecule has 5 nitrogen and oxygen atoms in total. The highest BCUT2D eigenvalue weighted by atomic mass is 16.5. The first-order valence-corrected chi connectivity index (χ1v) is 6.19. The van der Waals surface area contributed by atoms with E-state index in [-0.39, 0.29) is 11.8 Å². The first kappa shape index (κ1) is 13.4. The van der Waals surface area contributed by atoms with E-state index in [9.17, 15) is 9.59 Å². The van der Waals surface area contributed by atoms with Crippen LogP contribution < -0.4 is 10.6 Å². The van der Waals surface area contributed by atoms with Crippen molar-refractivity contribution in [2.45, 2.75) is 25.3 Å². The highest BCUT2D eigenvalue weighted by molar-refractivity contribution is 5.93. The van der Waals surface area contributed by atoms with Gasteiger partial charge in [-0.1, -0.05) is 18.2 Å². The van der Waals surface area contributed by atoms with Crippen molar-refractivity contribution in [3.63, 3.8) is 0 Å². The number of anilines is 1. The van der Waals surface area contributed by atoms with Crippen molar-refractivity contribution in [1.82, 2.24) is 5.32 Å². The van der Waals surface area contributed by atoms with Gasteiger partial charge in [0.25, 0.3) is 0 Å². The Hall–Kier alpha value is -2.04. The number of hydrogen-bond donors (Lipinski definition) is 2. The zero-order chi connectivity index (χ0) is 14.0. The molecular weight excluding hydrogens is 244 g/mol. The molecule has 1 aromatic rings. The van der Waals surface area contributed by atoms with Crippen molar-refractivity contribution < 1.29 is 14.3 Å². The van der Waals surface area contributed by atoms with E-state index < -0.39 is 11.5 Å². The third-order valence-electron chi connectivity index (χ3n) is 3.28. The predicted octanol–water partition coefficient (Wildman–Crippen LogP) is 1.26. The fourth-order valence-corrected chi connectivity index (χ4v) is 2.22. The molecular formula is C14H18N2O3. The lowest BCUT2D eigenvalue weighted by Gasteiger charge is -2.24. The van der Waals surface area contributed by atoms with E-state index in [4.69, 9.17) is 0 Å². The molecule has 0 aromatic heterocycles. The highest BCUT2D eigenvalue weighted by Crippen LogP contribution is 2.31. The first-order valence-electron chi connectivity index (χ1n) is 6.19. The predicted molar refractivity (Wildman–Crippen MR) is 71.9 cm³/mol. The van der Waals surface area contributed by atoms with Gasteiger partial charge < -0.3 is 15.4 Å². The Kier molecular flexibility index (Phi) is 3.46. The van der Waals surface area contributed by atoms with Crippen LogP contribution in [0.2, 0.25) is 0 Å². The Morgan fingerprint density at radius 2 is 2.05 bits per heavy atom. The van der Waals surface area contributed by atoms with Gasteiger partial charge in [-0.25, -0.2) is 4.79 Å². The molecule has 1 aliphatic rings. The number of fused-ring (bicyclic) bond motifs is 1. The summed E-state index contributed by atoms with van der Waals surface area (Å²) >= 11 is 0. The van der Waals surface area contributed by atoms with Crippen molar-refractivity contribution in [2.75, 3.05) is 19.0 Å². The monoisotopic (exact) mass is 262 g/mol. The van der Waals surface area contributed by atoms with E-state index in [1.54, 1.807) is 13.8 Å². The number of carbonyl (C=O) groups excluding carboxylic acids is 2. The van der Waals surface area contributed by atoms with Crippen LogP contribution in [0.4, 0.5) is 5.69 Å². The quantitative estimate of drug-likeness (QED) is 0.805. The van der Waals surface area contributed by atoms with Gasteiger partial charge >= 0.3 is 5.97 Å². The maximum atomic E-state index is 12.3. The molecule has 2 N–H and O–H groups in total. The molecule has 0 bridgehead atoms. The topological polar surface area (TPSA) is 67.4 Å². The van der Waals surface area contributed by atoms with Crippen molar-refractivity contribution in [2.24, 2.45) is 0 Å². The number of amides is 1. The molecule has 0 saturated carbocycles. The third kappa shape index (κ3) is 2.54. The number of rotatable bonds is 3. The second-order valence-corrected chi connectivity index (χ2v) is 5.13.